The Morgan fingerprint density at radius 3 is 2.64 bits per heavy atom. The van der Waals surface area contributed by atoms with Crippen LogP contribution in [0.3, 0.4) is 0 Å². The third-order valence-corrected chi connectivity index (χ3v) is 4.83. The summed E-state index contributed by atoms with van der Waals surface area (Å²) >= 11 is 0. The number of carbonyl (C=O) groups excluding carboxylic acids is 2. The van der Waals surface area contributed by atoms with Crippen molar-refractivity contribution in [3.8, 4) is 11.3 Å². The van der Waals surface area contributed by atoms with Gasteiger partial charge in [0.1, 0.15) is 17.8 Å². The lowest BCUT2D eigenvalue weighted by Crippen LogP contribution is -2.15. The van der Waals surface area contributed by atoms with Crippen molar-refractivity contribution in [2.24, 2.45) is 11.7 Å². The molecule has 0 aliphatic heterocycles. The van der Waals surface area contributed by atoms with Crippen molar-refractivity contribution in [2.75, 3.05) is 11.1 Å². The second kappa shape index (κ2) is 6.56. The van der Waals surface area contributed by atoms with Gasteiger partial charge in [-0.05, 0) is 48.6 Å². The number of benzene rings is 1. The van der Waals surface area contributed by atoms with Crippen LogP contribution < -0.4 is 16.8 Å². The van der Waals surface area contributed by atoms with E-state index >= 15 is 0 Å². The number of alkyl halides is 1. The third-order valence-electron chi connectivity index (χ3n) is 4.83. The Hall–Kier alpha value is -3.55. The second-order valence-corrected chi connectivity index (χ2v) is 6.92. The predicted molar refractivity (Wildman–Crippen MR) is 104 cm³/mol. The number of hydrogen-bond donors (Lipinski definition) is 3. The topological polar surface area (TPSA) is 124 Å². The van der Waals surface area contributed by atoms with Crippen LogP contribution in [0.1, 0.15) is 22.3 Å². The highest BCUT2D eigenvalue weighted by atomic mass is 19.1. The molecule has 1 aromatic carbocycles. The number of primary amides is 1. The minimum absolute atomic E-state index is 0.251. The summed E-state index contributed by atoms with van der Waals surface area (Å²) in [5.74, 6) is -0.851. The quantitative estimate of drug-likeness (QED) is 0.643. The van der Waals surface area contributed by atoms with E-state index < -0.39 is 18.0 Å². The number of nitrogens with zero attached hydrogens (tertiary/aromatic N) is 2. The molecule has 1 saturated carbocycles. The van der Waals surface area contributed by atoms with Crippen molar-refractivity contribution < 1.29 is 14.0 Å². The molecule has 8 heteroatoms. The van der Waals surface area contributed by atoms with Gasteiger partial charge in [-0.25, -0.2) is 14.4 Å². The fourth-order valence-corrected chi connectivity index (χ4v) is 3.14. The van der Waals surface area contributed by atoms with Gasteiger partial charge >= 0.3 is 0 Å². The summed E-state index contributed by atoms with van der Waals surface area (Å²) in [5, 5.41) is 4.01. The Labute approximate surface area is 160 Å². The number of pyridine rings is 2. The highest BCUT2D eigenvalue weighted by Gasteiger charge is 2.43. The molecule has 2 heterocycles. The molecule has 0 bridgehead atoms. The Kier molecular flexibility index (Phi) is 4.18. The Balaban J connectivity index is 1.72. The van der Waals surface area contributed by atoms with Crippen LogP contribution in [-0.2, 0) is 4.79 Å². The van der Waals surface area contributed by atoms with Crippen LogP contribution in [0.2, 0.25) is 0 Å². The highest BCUT2D eigenvalue weighted by molar-refractivity contribution is 5.99. The number of aromatic nitrogens is 2. The summed E-state index contributed by atoms with van der Waals surface area (Å²) < 4.78 is 13.1. The van der Waals surface area contributed by atoms with E-state index in [0.29, 0.717) is 28.3 Å². The lowest BCUT2D eigenvalue weighted by molar-refractivity contribution is -0.117. The van der Waals surface area contributed by atoms with Crippen molar-refractivity contribution in [3.05, 3.63) is 47.7 Å². The van der Waals surface area contributed by atoms with E-state index in [4.69, 9.17) is 11.5 Å². The molecule has 5 N–H and O–H groups in total. The minimum atomic E-state index is -1.07. The summed E-state index contributed by atoms with van der Waals surface area (Å²) in [7, 11) is 0. The lowest BCUT2D eigenvalue weighted by atomic mass is 10.0. The molecule has 28 heavy (non-hydrogen) atoms. The summed E-state index contributed by atoms with van der Waals surface area (Å²) in [6.07, 6.45) is 0.708. The van der Waals surface area contributed by atoms with Crippen LogP contribution in [0.15, 0.2) is 36.5 Å². The molecule has 2 aromatic heterocycles. The number of fused-ring (bicyclic) bond motifs is 1. The summed E-state index contributed by atoms with van der Waals surface area (Å²) in [4.78, 5) is 31.9. The smallest absolute Gasteiger partial charge is 0.248 e. The maximum atomic E-state index is 13.1. The number of rotatable bonds is 4. The third kappa shape index (κ3) is 3.24. The Morgan fingerprint density at radius 2 is 2.00 bits per heavy atom. The molecule has 0 spiro atoms. The number of nitrogens with two attached hydrogens (primary N) is 2. The maximum Gasteiger partial charge on any atom is 0.248 e. The Morgan fingerprint density at radius 1 is 1.25 bits per heavy atom. The number of anilines is 2. The maximum absolute atomic E-state index is 13.1. The molecular formula is C20H18FN5O2. The number of amides is 2. The second-order valence-electron chi connectivity index (χ2n) is 6.92. The van der Waals surface area contributed by atoms with Crippen molar-refractivity contribution in [3.63, 3.8) is 0 Å². The predicted octanol–water partition coefficient (Wildman–Crippen LogP) is 2.58. The van der Waals surface area contributed by atoms with Crippen molar-refractivity contribution >= 4 is 34.2 Å². The summed E-state index contributed by atoms with van der Waals surface area (Å²) in [5.41, 5.74) is 14.1. The first-order chi connectivity index (χ1) is 13.3. The van der Waals surface area contributed by atoms with E-state index in [1.165, 1.54) is 6.20 Å². The van der Waals surface area contributed by atoms with Gasteiger partial charge in [0.15, 0.2) is 0 Å². The molecule has 0 unspecified atom stereocenters. The number of hydrogen-bond acceptors (Lipinski definition) is 5. The van der Waals surface area contributed by atoms with Crippen molar-refractivity contribution in [2.45, 2.75) is 19.5 Å². The molecule has 2 amide bonds. The van der Waals surface area contributed by atoms with Gasteiger partial charge < -0.3 is 16.8 Å². The first-order valence-electron chi connectivity index (χ1n) is 8.75. The van der Waals surface area contributed by atoms with Crippen LogP contribution in [0, 0.1) is 12.8 Å². The average Bonchev–Trinajstić information content (AvgIpc) is 3.38. The highest BCUT2D eigenvalue weighted by Crippen LogP contribution is 2.35. The van der Waals surface area contributed by atoms with Gasteiger partial charge in [0, 0.05) is 22.7 Å². The number of nitrogen functional groups attached to an aromatic ring is 1. The zero-order chi connectivity index (χ0) is 20.0. The molecule has 0 saturated heterocycles. The van der Waals surface area contributed by atoms with E-state index in [9.17, 15) is 14.0 Å². The van der Waals surface area contributed by atoms with E-state index in [2.05, 4.69) is 15.3 Å². The first-order valence-corrected chi connectivity index (χ1v) is 8.75. The van der Waals surface area contributed by atoms with Crippen molar-refractivity contribution in [1.82, 2.24) is 9.97 Å². The van der Waals surface area contributed by atoms with Crippen LogP contribution in [-0.4, -0.2) is 28.0 Å². The molecule has 1 aliphatic carbocycles. The number of carbonyl (C=O) groups is 2. The molecule has 1 fully saturated rings. The van der Waals surface area contributed by atoms with Crippen LogP contribution >= 0.6 is 0 Å². The zero-order valence-corrected chi connectivity index (χ0v) is 15.1. The Bertz CT molecular complexity index is 1130. The normalized spacial score (nSPS) is 18.1. The molecule has 1 aliphatic rings. The number of nitrogens with one attached hydrogen (secondary N) is 1. The summed E-state index contributed by atoms with van der Waals surface area (Å²) in [6.45, 7) is 1.85. The molecule has 0 radical (unpaired) electrons. The first kappa shape index (κ1) is 17.8. The molecule has 142 valence electrons. The van der Waals surface area contributed by atoms with Gasteiger partial charge in [0.2, 0.25) is 11.8 Å². The largest absolute Gasteiger partial charge is 0.383 e. The molecular weight excluding hydrogens is 361 g/mol. The number of aryl methyl sites for hydroxylation is 1. The fraction of sp³-hybridized carbons (Fsp3) is 0.200. The van der Waals surface area contributed by atoms with E-state index in [0.717, 1.165) is 16.5 Å². The number of halogens is 1. The van der Waals surface area contributed by atoms with Gasteiger partial charge in [-0.1, -0.05) is 6.07 Å². The van der Waals surface area contributed by atoms with Gasteiger partial charge in [-0.3, -0.25) is 9.59 Å². The van der Waals surface area contributed by atoms with E-state index in [1.807, 2.05) is 13.0 Å². The SMILES string of the molecule is Cc1cc(C(N)=O)ccc1-c1cc2cc(NC(=O)[C@@H]3C[C@@H]3F)ncc2c(N)n1. The average molecular weight is 379 g/mol. The monoisotopic (exact) mass is 379 g/mol. The minimum Gasteiger partial charge on any atom is -0.383 e. The molecule has 2 atom stereocenters. The van der Waals surface area contributed by atoms with E-state index in [1.54, 1.807) is 24.3 Å². The fourth-order valence-electron chi connectivity index (χ4n) is 3.14. The lowest BCUT2D eigenvalue weighted by Gasteiger charge is -2.11. The van der Waals surface area contributed by atoms with Gasteiger partial charge in [0.25, 0.3) is 0 Å². The van der Waals surface area contributed by atoms with Crippen molar-refractivity contribution in [1.29, 1.82) is 0 Å². The van der Waals surface area contributed by atoms with Gasteiger partial charge in [0.05, 0.1) is 11.6 Å². The zero-order valence-electron chi connectivity index (χ0n) is 15.1. The molecule has 4 rings (SSSR count). The van der Waals surface area contributed by atoms with E-state index in [-0.39, 0.29) is 12.3 Å². The molecule has 3 aromatic rings. The van der Waals surface area contributed by atoms with Crippen LogP contribution in [0.25, 0.3) is 22.0 Å². The summed E-state index contributed by atoms with van der Waals surface area (Å²) in [6, 6.07) is 8.60. The van der Waals surface area contributed by atoms with Gasteiger partial charge in [-0.2, -0.15) is 0 Å². The van der Waals surface area contributed by atoms with Crippen LogP contribution in [0.5, 0.6) is 0 Å². The standard InChI is InChI=1S/C20H18FN5O2/c1-9-4-10(19(23)27)2-3-12(9)16-5-11-6-17(24-8-14(11)18(22)25-16)26-20(28)13-7-15(13)21/h2-6,8,13,15H,7H2,1H3,(H2,22,25)(H2,23,27)(H,24,26,28)/t13-,15+/m1/s1. The van der Waals surface area contributed by atoms with Gasteiger partial charge in [-0.15, -0.1) is 0 Å². The molecule has 7 nitrogen and oxygen atoms in total. The van der Waals surface area contributed by atoms with Crippen LogP contribution in [0.4, 0.5) is 16.0 Å².